The normalized spacial score (nSPS) is 12.6. The minimum Gasteiger partial charge on any atom is -0.329 e. The highest BCUT2D eigenvalue weighted by Gasteiger charge is 2.16. The van der Waals surface area contributed by atoms with E-state index in [1.807, 2.05) is 37.7 Å². The summed E-state index contributed by atoms with van der Waals surface area (Å²) in [5.41, 5.74) is 0.967. The van der Waals surface area contributed by atoms with Crippen LogP contribution < -0.4 is 5.32 Å². The molecule has 1 N–H and O–H groups in total. The Morgan fingerprint density at radius 2 is 2.26 bits per heavy atom. The summed E-state index contributed by atoms with van der Waals surface area (Å²) in [6.07, 6.45) is 3.58. The molecule has 2 rings (SSSR count). The van der Waals surface area contributed by atoms with Crippen LogP contribution >= 0.6 is 11.8 Å². The molecule has 1 atom stereocenters. The molecule has 0 aliphatic carbocycles. The zero-order valence-electron chi connectivity index (χ0n) is 11.4. The molecule has 5 heteroatoms. The molecule has 0 fully saturated rings. The van der Waals surface area contributed by atoms with Crippen molar-refractivity contribution in [1.29, 1.82) is 0 Å². The van der Waals surface area contributed by atoms with Crippen molar-refractivity contribution in [1.82, 2.24) is 14.9 Å². The number of hydrogen-bond donors (Lipinski definition) is 1. The first kappa shape index (κ1) is 14.1. The summed E-state index contributed by atoms with van der Waals surface area (Å²) in [4.78, 5) is 4.88. The highest BCUT2D eigenvalue weighted by atomic mass is 32.2. The monoisotopic (exact) mass is 279 g/mol. The van der Waals surface area contributed by atoms with Gasteiger partial charge in [0.2, 0.25) is 0 Å². The number of aromatic nitrogens is 2. The third-order valence-corrected chi connectivity index (χ3v) is 4.16. The van der Waals surface area contributed by atoms with Gasteiger partial charge in [0, 0.05) is 25.5 Å². The SMILES string of the molecule is CCNC(C)c1cccc(F)c1Sc1nccn1C. The average Bonchev–Trinajstić information content (AvgIpc) is 2.78. The first-order valence-corrected chi connectivity index (χ1v) is 7.12. The zero-order valence-corrected chi connectivity index (χ0v) is 12.2. The minimum atomic E-state index is -0.199. The van der Waals surface area contributed by atoms with Gasteiger partial charge in [0.15, 0.2) is 5.16 Å². The first-order valence-electron chi connectivity index (χ1n) is 6.30. The molecule has 0 saturated heterocycles. The Morgan fingerprint density at radius 3 is 2.89 bits per heavy atom. The Morgan fingerprint density at radius 1 is 1.47 bits per heavy atom. The molecule has 3 nitrogen and oxygen atoms in total. The van der Waals surface area contributed by atoms with Crippen molar-refractivity contribution in [2.24, 2.45) is 7.05 Å². The van der Waals surface area contributed by atoms with E-state index < -0.39 is 0 Å². The van der Waals surface area contributed by atoms with Crippen LogP contribution in [0.25, 0.3) is 0 Å². The summed E-state index contributed by atoms with van der Waals surface area (Å²) in [5.74, 6) is -0.199. The molecule has 1 heterocycles. The highest BCUT2D eigenvalue weighted by molar-refractivity contribution is 7.99. The zero-order chi connectivity index (χ0) is 13.8. The van der Waals surface area contributed by atoms with Crippen molar-refractivity contribution < 1.29 is 4.39 Å². The second-order valence-electron chi connectivity index (χ2n) is 4.36. The Balaban J connectivity index is 2.35. The van der Waals surface area contributed by atoms with E-state index in [2.05, 4.69) is 10.3 Å². The largest absolute Gasteiger partial charge is 0.329 e. The van der Waals surface area contributed by atoms with Crippen molar-refractivity contribution in [2.75, 3.05) is 6.54 Å². The molecule has 1 aromatic carbocycles. The molecule has 0 radical (unpaired) electrons. The number of benzene rings is 1. The predicted octanol–water partition coefficient (Wildman–Crippen LogP) is 3.38. The van der Waals surface area contributed by atoms with Gasteiger partial charge in [0.25, 0.3) is 0 Å². The van der Waals surface area contributed by atoms with E-state index in [0.29, 0.717) is 4.90 Å². The van der Waals surface area contributed by atoms with Gasteiger partial charge in [-0.2, -0.15) is 0 Å². The third kappa shape index (κ3) is 3.16. The van der Waals surface area contributed by atoms with E-state index in [1.54, 1.807) is 12.3 Å². The van der Waals surface area contributed by atoms with E-state index in [9.17, 15) is 4.39 Å². The summed E-state index contributed by atoms with van der Waals surface area (Å²) >= 11 is 1.37. The molecule has 0 spiro atoms. The van der Waals surface area contributed by atoms with Crippen LogP contribution in [-0.2, 0) is 7.05 Å². The maximum Gasteiger partial charge on any atom is 0.172 e. The maximum absolute atomic E-state index is 14.1. The van der Waals surface area contributed by atoms with Crippen molar-refractivity contribution in [3.8, 4) is 0 Å². The Kier molecular flexibility index (Phi) is 4.61. The molecular formula is C14H18FN3S. The average molecular weight is 279 g/mol. The van der Waals surface area contributed by atoms with Gasteiger partial charge < -0.3 is 9.88 Å². The Hall–Kier alpha value is -1.33. The van der Waals surface area contributed by atoms with Gasteiger partial charge in [-0.3, -0.25) is 0 Å². The van der Waals surface area contributed by atoms with Crippen LogP contribution in [0.4, 0.5) is 4.39 Å². The van der Waals surface area contributed by atoms with Crippen LogP contribution in [0, 0.1) is 5.82 Å². The number of aryl methyl sites for hydroxylation is 1. The molecule has 2 aromatic rings. The number of hydrogen-bond acceptors (Lipinski definition) is 3. The predicted molar refractivity (Wildman–Crippen MR) is 75.8 cm³/mol. The fourth-order valence-corrected chi connectivity index (χ4v) is 2.96. The van der Waals surface area contributed by atoms with Gasteiger partial charge in [0.05, 0.1) is 4.90 Å². The van der Waals surface area contributed by atoms with Gasteiger partial charge >= 0.3 is 0 Å². The van der Waals surface area contributed by atoms with Gasteiger partial charge in [-0.25, -0.2) is 9.37 Å². The summed E-state index contributed by atoms with van der Waals surface area (Å²) < 4.78 is 16.0. The highest BCUT2D eigenvalue weighted by Crippen LogP contribution is 2.34. The smallest absolute Gasteiger partial charge is 0.172 e. The standard InChI is InChI=1S/C14H18FN3S/c1-4-16-10(2)11-6-5-7-12(15)13(11)19-14-17-8-9-18(14)3/h5-10,16H,4H2,1-3H3. The molecular weight excluding hydrogens is 261 g/mol. The topological polar surface area (TPSA) is 29.9 Å². The number of halogens is 1. The molecule has 0 bridgehead atoms. The molecule has 0 saturated carbocycles. The molecule has 0 aliphatic rings. The lowest BCUT2D eigenvalue weighted by atomic mass is 10.1. The first-order chi connectivity index (χ1) is 9.13. The number of nitrogens with zero attached hydrogens (tertiary/aromatic N) is 2. The number of imidazole rings is 1. The lowest BCUT2D eigenvalue weighted by molar-refractivity contribution is 0.557. The quantitative estimate of drug-likeness (QED) is 0.910. The fourth-order valence-electron chi connectivity index (χ4n) is 1.93. The van der Waals surface area contributed by atoms with Crippen molar-refractivity contribution in [2.45, 2.75) is 29.9 Å². The molecule has 102 valence electrons. The summed E-state index contributed by atoms with van der Waals surface area (Å²) in [6.45, 7) is 4.94. The molecule has 0 amide bonds. The van der Waals surface area contributed by atoms with Gasteiger partial charge in [-0.1, -0.05) is 19.1 Å². The van der Waals surface area contributed by atoms with E-state index in [1.165, 1.54) is 17.8 Å². The van der Waals surface area contributed by atoms with Crippen LogP contribution in [0.1, 0.15) is 25.5 Å². The van der Waals surface area contributed by atoms with Gasteiger partial charge in [-0.05, 0) is 36.9 Å². The lowest BCUT2D eigenvalue weighted by Gasteiger charge is -2.17. The van der Waals surface area contributed by atoms with E-state index >= 15 is 0 Å². The van der Waals surface area contributed by atoms with Crippen LogP contribution in [0.2, 0.25) is 0 Å². The summed E-state index contributed by atoms with van der Waals surface area (Å²) in [7, 11) is 1.91. The van der Waals surface area contributed by atoms with Crippen LogP contribution in [0.5, 0.6) is 0 Å². The second-order valence-corrected chi connectivity index (χ2v) is 5.34. The fraction of sp³-hybridized carbons (Fsp3) is 0.357. The van der Waals surface area contributed by atoms with Crippen LogP contribution in [0.3, 0.4) is 0 Å². The van der Waals surface area contributed by atoms with Crippen molar-refractivity contribution in [3.05, 3.63) is 42.0 Å². The van der Waals surface area contributed by atoms with Crippen molar-refractivity contribution >= 4 is 11.8 Å². The summed E-state index contributed by atoms with van der Waals surface area (Å²) in [6, 6.07) is 5.32. The second kappa shape index (κ2) is 6.21. The van der Waals surface area contributed by atoms with E-state index in [4.69, 9.17) is 0 Å². The molecule has 0 aliphatic heterocycles. The number of rotatable bonds is 5. The summed E-state index contributed by atoms with van der Waals surface area (Å²) in [5, 5.41) is 4.10. The third-order valence-electron chi connectivity index (χ3n) is 2.94. The van der Waals surface area contributed by atoms with Gasteiger partial charge in [0.1, 0.15) is 5.82 Å². The number of nitrogens with one attached hydrogen (secondary N) is 1. The van der Waals surface area contributed by atoms with Crippen LogP contribution in [-0.4, -0.2) is 16.1 Å². The van der Waals surface area contributed by atoms with Crippen LogP contribution in [0.15, 0.2) is 40.6 Å². The molecule has 1 aromatic heterocycles. The lowest BCUT2D eigenvalue weighted by Crippen LogP contribution is -2.18. The van der Waals surface area contributed by atoms with E-state index in [-0.39, 0.29) is 11.9 Å². The van der Waals surface area contributed by atoms with E-state index in [0.717, 1.165) is 17.3 Å². The maximum atomic E-state index is 14.1. The molecule has 1 unspecified atom stereocenters. The molecule has 19 heavy (non-hydrogen) atoms. The Bertz CT molecular complexity index is 553. The Labute approximate surface area is 117 Å². The van der Waals surface area contributed by atoms with Gasteiger partial charge in [-0.15, -0.1) is 0 Å². The minimum absolute atomic E-state index is 0.114. The van der Waals surface area contributed by atoms with Crippen molar-refractivity contribution in [3.63, 3.8) is 0 Å².